The van der Waals surface area contributed by atoms with Gasteiger partial charge in [-0.15, -0.1) is 0 Å². The fourth-order valence-electron chi connectivity index (χ4n) is 4.14. The summed E-state index contributed by atoms with van der Waals surface area (Å²) in [6.45, 7) is 4.34. The molecule has 0 amide bonds. The van der Waals surface area contributed by atoms with Crippen molar-refractivity contribution in [1.82, 2.24) is 9.88 Å². The van der Waals surface area contributed by atoms with Crippen molar-refractivity contribution in [3.05, 3.63) is 76.2 Å². The number of furan rings is 1. The van der Waals surface area contributed by atoms with E-state index in [2.05, 4.69) is 76.1 Å². The van der Waals surface area contributed by atoms with Crippen LogP contribution in [0.3, 0.4) is 0 Å². The van der Waals surface area contributed by atoms with E-state index in [0.29, 0.717) is 6.04 Å². The smallest absolute Gasteiger partial charge is 0.161 e. The van der Waals surface area contributed by atoms with Crippen LogP contribution in [-0.4, -0.2) is 26.8 Å². The van der Waals surface area contributed by atoms with E-state index in [-0.39, 0.29) is 12.1 Å². The predicted molar refractivity (Wildman–Crippen MR) is 122 cm³/mol. The van der Waals surface area contributed by atoms with Gasteiger partial charge < -0.3 is 9.32 Å². The molecule has 5 rings (SSSR count). The van der Waals surface area contributed by atoms with Crippen LogP contribution in [0.15, 0.2) is 68.6 Å². The number of fused-ring (bicyclic) bond motifs is 1. The van der Waals surface area contributed by atoms with E-state index in [1.165, 1.54) is 5.56 Å². The van der Waals surface area contributed by atoms with Gasteiger partial charge in [0.1, 0.15) is 23.6 Å². The van der Waals surface area contributed by atoms with E-state index in [1.54, 1.807) is 0 Å². The zero-order chi connectivity index (χ0) is 20.0. The van der Waals surface area contributed by atoms with Gasteiger partial charge in [0, 0.05) is 28.0 Å². The van der Waals surface area contributed by atoms with Crippen molar-refractivity contribution in [1.29, 1.82) is 0 Å². The van der Waals surface area contributed by atoms with Gasteiger partial charge in [-0.25, -0.2) is 4.99 Å². The number of aromatic nitrogens is 1. The normalized spacial score (nSPS) is 23.3. The number of aliphatic imine (C=N–C) groups is 1. The van der Waals surface area contributed by atoms with E-state index < -0.39 is 0 Å². The third-order valence-electron chi connectivity index (χ3n) is 5.64. The molecule has 0 radical (unpaired) electrons. The summed E-state index contributed by atoms with van der Waals surface area (Å²) in [7, 11) is 0. The zero-order valence-corrected chi connectivity index (χ0v) is 18.8. The summed E-state index contributed by atoms with van der Waals surface area (Å²) in [6.07, 6.45) is 2.94. The lowest BCUT2D eigenvalue weighted by Gasteiger charge is -2.30. The molecule has 2 aromatic heterocycles. The van der Waals surface area contributed by atoms with Crippen molar-refractivity contribution in [2.24, 2.45) is 4.99 Å². The van der Waals surface area contributed by atoms with Gasteiger partial charge in [0.2, 0.25) is 0 Å². The summed E-state index contributed by atoms with van der Waals surface area (Å²) in [5.74, 6) is 2.90. The third-order valence-corrected chi connectivity index (χ3v) is 7.42. The van der Waals surface area contributed by atoms with Crippen LogP contribution in [0, 0.1) is 6.92 Å². The monoisotopic (exact) mass is 467 g/mol. The van der Waals surface area contributed by atoms with Crippen LogP contribution in [0.5, 0.6) is 0 Å². The van der Waals surface area contributed by atoms with Gasteiger partial charge in [0.05, 0.1) is 5.69 Å². The number of amidine groups is 1. The van der Waals surface area contributed by atoms with Crippen LogP contribution in [0.1, 0.15) is 42.4 Å². The fourth-order valence-corrected chi connectivity index (χ4v) is 6.16. The van der Waals surface area contributed by atoms with Gasteiger partial charge in [-0.1, -0.05) is 46.7 Å². The summed E-state index contributed by atoms with van der Waals surface area (Å²) < 4.78 is 7.49. The maximum Gasteiger partial charge on any atom is 0.161 e. The Balaban J connectivity index is 1.56. The first kappa shape index (κ1) is 18.9. The largest absolute Gasteiger partial charge is 0.459 e. The van der Waals surface area contributed by atoms with Crippen molar-refractivity contribution in [3.8, 4) is 11.3 Å². The molecule has 148 valence electrons. The lowest BCUT2D eigenvalue weighted by Crippen LogP contribution is -2.35. The molecule has 1 saturated heterocycles. The van der Waals surface area contributed by atoms with Crippen molar-refractivity contribution in [3.63, 3.8) is 0 Å². The molecule has 3 atom stereocenters. The van der Waals surface area contributed by atoms with Gasteiger partial charge in [-0.3, -0.25) is 4.98 Å². The maximum atomic E-state index is 6.45. The zero-order valence-electron chi connectivity index (χ0n) is 16.4. The number of hydrogen-bond donors (Lipinski definition) is 0. The Morgan fingerprint density at radius 3 is 2.86 bits per heavy atom. The highest BCUT2D eigenvalue weighted by Crippen LogP contribution is 2.49. The molecule has 0 aliphatic carbocycles. The van der Waals surface area contributed by atoms with Crippen LogP contribution in [-0.2, 0) is 0 Å². The number of nitrogens with zero attached hydrogens (tertiary/aromatic N) is 3. The molecule has 0 saturated carbocycles. The maximum absolute atomic E-state index is 6.45. The first-order valence-electron chi connectivity index (χ1n) is 9.92. The molecule has 3 aromatic rings. The second-order valence-corrected chi connectivity index (χ2v) is 9.36. The molecule has 6 heteroatoms. The number of hydrogen-bond acceptors (Lipinski definition) is 5. The van der Waals surface area contributed by atoms with Crippen molar-refractivity contribution in [2.75, 3.05) is 5.75 Å². The molecule has 2 aliphatic rings. The van der Waals surface area contributed by atoms with Crippen LogP contribution in [0.25, 0.3) is 11.3 Å². The highest BCUT2D eigenvalue weighted by molar-refractivity contribution is 9.10. The Morgan fingerprint density at radius 1 is 1.21 bits per heavy atom. The molecule has 0 N–H and O–H groups in total. The van der Waals surface area contributed by atoms with Gasteiger partial charge in [-0.05, 0) is 55.3 Å². The van der Waals surface area contributed by atoms with Gasteiger partial charge in [0.25, 0.3) is 0 Å². The van der Waals surface area contributed by atoms with Crippen LogP contribution >= 0.6 is 27.7 Å². The Hall–Kier alpha value is -2.05. The van der Waals surface area contributed by atoms with Crippen molar-refractivity contribution < 1.29 is 4.42 Å². The van der Waals surface area contributed by atoms with Gasteiger partial charge in [0.15, 0.2) is 5.17 Å². The minimum absolute atomic E-state index is 0.0397. The molecule has 0 unspecified atom stereocenters. The van der Waals surface area contributed by atoms with Crippen LogP contribution in [0.2, 0.25) is 0 Å². The summed E-state index contributed by atoms with van der Waals surface area (Å²) in [6, 6.07) is 17.0. The topological polar surface area (TPSA) is 41.6 Å². The van der Waals surface area contributed by atoms with Crippen LogP contribution < -0.4 is 0 Å². The number of thioether (sulfide) groups is 1. The molecule has 4 heterocycles. The van der Waals surface area contributed by atoms with E-state index >= 15 is 0 Å². The summed E-state index contributed by atoms with van der Waals surface area (Å²) >= 11 is 5.53. The molecular formula is C23H22BrN3OS. The lowest BCUT2D eigenvalue weighted by molar-refractivity contribution is 0.226. The van der Waals surface area contributed by atoms with E-state index in [0.717, 1.165) is 44.6 Å². The third kappa shape index (κ3) is 3.32. The second-order valence-electron chi connectivity index (χ2n) is 7.52. The number of rotatable bonds is 4. The van der Waals surface area contributed by atoms with E-state index in [4.69, 9.17) is 9.41 Å². The minimum Gasteiger partial charge on any atom is -0.459 e. The summed E-state index contributed by atoms with van der Waals surface area (Å²) in [5.41, 5.74) is 3.28. The van der Waals surface area contributed by atoms with Crippen LogP contribution in [0.4, 0.5) is 0 Å². The molecule has 0 bridgehead atoms. The molecule has 0 spiro atoms. The first-order valence-corrected chi connectivity index (χ1v) is 11.7. The number of halogens is 1. The average Bonchev–Trinajstić information content (AvgIpc) is 3.43. The van der Waals surface area contributed by atoms with E-state index in [1.807, 2.05) is 30.1 Å². The number of aryl methyl sites for hydroxylation is 1. The minimum atomic E-state index is -0.0477. The predicted octanol–water partition coefficient (Wildman–Crippen LogP) is 6.39. The first-order chi connectivity index (χ1) is 14.2. The Kier molecular flexibility index (Phi) is 5.00. The molecule has 1 aromatic carbocycles. The van der Waals surface area contributed by atoms with Gasteiger partial charge >= 0.3 is 0 Å². The molecule has 29 heavy (non-hydrogen) atoms. The second kappa shape index (κ2) is 7.65. The standard InChI is InChI=1S/C23H22BrN3OS/c1-3-15-13-29-23-26-21(18-6-4-5-11-25-18)22(27(15)23)20-10-9-19(28-20)16-8-7-14(2)12-17(16)24/h4-12,15,21-22H,3,13H2,1-2H3/t15-,21-,22+/m1/s1. The average molecular weight is 468 g/mol. The Labute approximate surface area is 183 Å². The molecule has 2 aliphatic heterocycles. The summed E-state index contributed by atoms with van der Waals surface area (Å²) in [4.78, 5) is 12.1. The van der Waals surface area contributed by atoms with E-state index in [9.17, 15) is 0 Å². The highest BCUT2D eigenvalue weighted by Gasteiger charge is 2.46. The Bertz CT molecular complexity index is 1060. The summed E-state index contributed by atoms with van der Waals surface area (Å²) in [5, 5.41) is 1.12. The fraction of sp³-hybridized carbons (Fsp3) is 0.304. The van der Waals surface area contributed by atoms with Crippen molar-refractivity contribution >= 4 is 32.9 Å². The number of benzene rings is 1. The molecule has 4 nitrogen and oxygen atoms in total. The SMILES string of the molecule is CC[C@@H]1CSC2=N[C@H](c3ccccn3)[C@H](c3ccc(-c4ccc(C)cc4Br)o3)N21. The molecular weight excluding hydrogens is 446 g/mol. The lowest BCUT2D eigenvalue weighted by atomic mass is 10.0. The van der Waals surface area contributed by atoms with Gasteiger partial charge in [-0.2, -0.15) is 0 Å². The van der Waals surface area contributed by atoms with Crippen molar-refractivity contribution in [2.45, 2.75) is 38.4 Å². The highest BCUT2D eigenvalue weighted by atomic mass is 79.9. The Morgan fingerprint density at radius 2 is 2.10 bits per heavy atom. The quantitative estimate of drug-likeness (QED) is 0.445. The molecule has 1 fully saturated rings. The number of pyridine rings is 1.